The van der Waals surface area contributed by atoms with Gasteiger partial charge in [-0.2, -0.15) is 0 Å². The second kappa shape index (κ2) is 7.46. The van der Waals surface area contributed by atoms with Crippen LogP contribution in [0.3, 0.4) is 0 Å². The second-order valence-corrected chi connectivity index (χ2v) is 7.67. The van der Waals surface area contributed by atoms with Crippen LogP contribution < -0.4 is 5.32 Å². The number of nitrogens with one attached hydrogen (secondary N) is 1. The predicted molar refractivity (Wildman–Crippen MR) is 76.1 cm³/mol. The first kappa shape index (κ1) is 15.9. The van der Waals surface area contributed by atoms with E-state index in [2.05, 4.69) is 26.1 Å². The van der Waals surface area contributed by atoms with E-state index in [1.807, 2.05) is 0 Å². The molecule has 0 aliphatic carbocycles. The van der Waals surface area contributed by atoms with Gasteiger partial charge >= 0.3 is 0 Å². The van der Waals surface area contributed by atoms with E-state index in [0.717, 1.165) is 38.9 Å². The number of sulfonamides is 1. The zero-order valence-corrected chi connectivity index (χ0v) is 12.8. The summed E-state index contributed by atoms with van der Waals surface area (Å²) in [4.78, 5) is 0. The molecule has 1 atom stereocenters. The Bertz CT molecular complexity index is 328. The van der Waals surface area contributed by atoms with Crippen LogP contribution in [0.5, 0.6) is 0 Å². The van der Waals surface area contributed by atoms with E-state index in [1.54, 1.807) is 4.31 Å². The lowest BCUT2D eigenvalue weighted by molar-refractivity contribution is 0.442. The molecule has 0 saturated carbocycles. The second-order valence-electron chi connectivity index (χ2n) is 5.58. The molecular weight excluding hydrogens is 248 g/mol. The molecule has 1 aliphatic heterocycles. The molecule has 18 heavy (non-hydrogen) atoms. The van der Waals surface area contributed by atoms with Gasteiger partial charge in [0.2, 0.25) is 10.0 Å². The molecule has 0 spiro atoms. The lowest BCUT2D eigenvalue weighted by Crippen LogP contribution is -2.33. The molecule has 1 saturated heterocycles. The van der Waals surface area contributed by atoms with Gasteiger partial charge in [-0.05, 0) is 31.7 Å². The lowest BCUT2D eigenvalue weighted by atomic mass is 10.0. The van der Waals surface area contributed by atoms with Crippen LogP contribution in [0.4, 0.5) is 0 Å². The van der Waals surface area contributed by atoms with Gasteiger partial charge in [0, 0.05) is 19.1 Å². The minimum Gasteiger partial charge on any atom is -0.314 e. The Hall–Kier alpha value is -0.130. The molecule has 1 unspecified atom stereocenters. The van der Waals surface area contributed by atoms with Crippen LogP contribution in [0.1, 0.15) is 46.5 Å². The highest BCUT2D eigenvalue weighted by atomic mass is 32.2. The van der Waals surface area contributed by atoms with Crippen LogP contribution in [0.15, 0.2) is 0 Å². The summed E-state index contributed by atoms with van der Waals surface area (Å²) < 4.78 is 25.9. The SMILES string of the molecule is CCCC1CCN(S(=O)(=O)CCCNC(C)C)C1. The Morgan fingerprint density at radius 3 is 2.72 bits per heavy atom. The molecule has 1 heterocycles. The van der Waals surface area contributed by atoms with E-state index in [9.17, 15) is 8.42 Å². The Labute approximate surface area is 112 Å². The van der Waals surface area contributed by atoms with Crippen molar-refractivity contribution in [1.82, 2.24) is 9.62 Å². The van der Waals surface area contributed by atoms with Crippen LogP contribution in [-0.4, -0.2) is 44.2 Å². The maximum absolute atomic E-state index is 12.1. The molecule has 1 N–H and O–H groups in total. The summed E-state index contributed by atoms with van der Waals surface area (Å²) in [6.45, 7) is 8.56. The highest BCUT2D eigenvalue weighted by Gasteiger charge is 2.30. The number of hydrogen-bond donors (Lipinski definition) is 1. The summed E-state index contributed by atoms with van der Waals surface area (Å²) in [7, 11) is -3.02. The first-order valence-corrected chi connectivity index (χ1v) is 8.77. The normalized spacial score (nSPS) is 21.9. The fourth-order valence-corrected chi connectivity index (χ4v) is 4.06. The smallest absolute Gasteiger partial charge is 0.214 e. The van der Waals surface area contributed by atoms with Crippen molar-refractivity contribution in [1.29, 1.82) is 0 Å². The van der Waals surface area contributed by atoms with Gasteiger partial charge in [-0.1, -0.05) is 27.2 Å². The van der Waals surface area contributed by atoms with Crippen LogP contribution in [0.2, 0.25) is 0 Å². The maximum Gasteiger partial charge on any atom is 0.214 e. The highest BCUT2D eigenvalue weighted by Crippen LogP contribution is 2.23. The predicted octanol–water partition coefficient (Wildman–Crippen LogP) is 1.83. The van der Waals surface area contributed by atoms with Crippen molar-refractivity contribution in [2.24, 2.45) is 5.92 Å². The fraction of sp³-hybridized carbons (Fsp3) is 1.00. The van der Waals surface area contributed by atoms with Crippen molar-refractivity contribution in [2.75, 3.05) is 25.4 Å². The van der Waals surface area contributed by atoms with E-state index in [1.165, 1.54) is 0 Å². The van der Waals surface area contributed by atoms with Crippen molar-refractivity contribution in [3.63, 3.8) is 0 Å². The number of hydrogen-bond acceptors (Lipinski definition) is 3. The summed E-state index contributed by atoms with van der Waals surface area (Å²) >= 11 is 0. The first-order valence-electron chi connectivity index (χ1n) is 7.17. The Kier molecular flexibility index (Phi) is 6.60. The van der Waals surface area contributed by atoms with Gasteiger partial charge in [-0.3, -0.25) is 0 Å². The third-order valence-corrected chi connectivity index (χ3v) is 5.39. The maximum atomic E-state index is 12.1. The Morgan fingerprint density at radius 2 is 2.11 bits per heavy atom. The largest absolute Gasteiger partial charge is 0.314 e. The van der Waals surface area contributed by atoms with Crippen molar-refractivity contribution in [2.45, 2.75) is 52.5 Å². The Morgan fingerprint density at radius 1 is 1.39 bits per heavy atom. The van der Waals surface area contributed by atoms with Crippen LogP contribution >= 0.6 is 0 Å². The average molecular weight is 276 g/mol. The molecule has 0 radical (unpaired) electrons. The first-order chi connectivity index (χ1) is 8.45. The molecule has 0 amide bonds. The summed E-state index contributed by atoms with van der Waals surface area (Å²) in [5.74, 6) is 0.865. The topological polar surface area (TPSA) is 49.4 Å². The van der Waals surface area contributed by atoms with Gasteiger partial charge in [0.05, 0.1) is 5.75 Å². The summed E-state index contributed by atoms with van der Waals surface area (Å²) in [5, 5.41) is 3.25. The standard InChI is InChI=1S/C13H28N2O2S/c1-4-6-13-7-9-15(11-13)18(16,17)10-5-8-14-12(2)3/h12-14H,4-11H2,1-3H3. The van der Waals surface area contributed by atoms with Gasteiger partial charge in [0.15, 0.2) is 0 Å². The number of nitrogens with zero attached hydrogens (tertiary/aromatic N) is 1. The monoisotopic (exact) mass is 276 g/mol. The van der Waals surface area contributed by atoms with E-state index in [-0.39, 0.29) is 5.75 Å². The quantitative estimate of drug-likeness (QED) is 0.688. The van der Waals surface area contributed by atoms with Crippen LogP contribution in [0, 0.1) is 5.92 Å². The van der Waals surface area contributed by atoms with Gasteiger partial charge in [0.1, 0.15) is 0 Å². The fourth-order valence-electron chi connectivity index (χ4n) is 2.47. The minimum atomic E-state index is -3.02. The lowest BCUT2D eigenvalue weighted by Gasteiger charge is -2.17. The minimum absolute atomic E-state index is 0.283. The summed E-state index contributed by atoms with van der Waals surface area (Å²) in [5.41, 5.74) is 0. The molecule has 1 fully saturated rings. The average Bonchev–Trinajstić information content (AvgIpc) is 2.74. The molecular formula is C13H28N2O2S. The van der Waals surface area contributed by atoms with Gasteiger partial charge in [-0.25, -0.2) is 12.7 Å². The van der Waals surface area contributed by atoms with Crippen molar-refractivity contribution >= 4 is 10.0 Å². The van der Waals surface area contributed by atoms with Crippen LogP contribution in [-0.2, 0) is 10.0 Å². The zero-order chi connectivity index (χ0) is 13.6. The van der Waals surface area contributed by atoms with Crippen molar-refractivity contribution < 1.29 is 8.42 Å². The van der Waals surface area contributed by atoms with Gasteiger partial charge < -0.3 is 5.32 Å². The summed E-state index contributed by atoms with van der Waals surface area (Å²) in [6, 6.07) is 0.424. The summed E-state index contributed by atoms with van der Waals surface area (Å²) in [6.07, 6.45) is 4.05. The van der Waals surface area contributed by atoms with Crippen LogP contribution in [0.25, 0.3) is 0 Å². The molecule has 0 aromatic rings. The third-order valence-electron chi connectivity index (χ3n) is 3.47. The molecule has 1 rings (SSSR count). The van der Waals surface area contributed by atoms with E-state index < -0.39 is 10.0 Å². The molecule has 0 aromatic heterocycles. The number of rotatable bonds is 8. The van der Waals surface area contributed by atoms with E-state index in [0.29, 0.717) is 18.4 Å². The van der Waals surface area contributed by atoms with Gasteiger partial charge in [-0.15, -0.1) is 0 Å². The Balaban J connectivity index is 2.31. The van der Waals surface area contributed by atoms with Crippen molar-refractivity contribution in [3.05, 3.63) is 0 Å². The molecule has 1 aliphatic rings. The molecule has 0 bridgehead atoms. The molecule has 0 aromatic carbocycles. The van der Waals surface area contributed by atoms with Gasteiger partial charge in [0.25, 0.3) is 0 Å². The van der Waals surface area contributed by atoms with E-state index >= 15 is 0 Å². The van der Waals surface area contributed by atoms with Crippen molar-refractivity contribution in [3.8, 4) is 0 Å². The molecule has 5 heteroatoms. The molecule has 108 valence electrons. The molecule has 4 nitrogen and oxygen atoms in total. The third kappa shape index (κ3) is 5.24. The van der Waals surface area contributed by atoms with E-state index in [4.69, 9.17) is 0 Å². The highest BCUT2D eigenvalue weighted by molar-refractivity contribution is 7.89. The zero-order valence-electron chi connectivity index (χ0n) is 12.0.